The van der Waals surface area contributed by atoms with Crippen LogP contribution >= 0.6 is 0 Å². The number of hydrogen-bond donors (Lipinski definition) is 0. The van der Waals surface area contributed by atoms with Gasteiger partial charge in [0.15, 0.2) is 5.83 Å². The van der Waals surface area contributed by atoms with Crippen molar-refractivity contribution in [2.75, 3.05) is 0 Å². The van der Waals surface area contributed by atoms with Crippen molar-refractivity contribution in [3.63, 3.8) is 0 Å². The minimum atomic E-state index is -1.15. The molecule has 4 heteroatoms. The summed E-state index contributed by atoms with van der Waals surface area (Å²) in [5.41, 5.74) is 0.579. The molecule has 0 unspecified atom stereocenters. The molecule has 0 aromatic heterocycles. The Morgan fingerprint density at radius 3 is 2.34 bits per heavy atom. The number of halogens is 3. The molecule has 32 heavy (non-hydrogen) atoms. The van der Waals surface area contributed by atoms with E-state index >= 15 is 0 Å². The number of rotatable bonds is 11. The van der Waals surface area contributed by atoms with Gasteiger partial charge in [-0.25, -0.2) is 13.2 Å². The molecule has 1 heterocycles. The van der Waals surface area contributed by atoms with E-state index in [-0.39, 0.29) is 20.7 Å². The van der Waals surface area contributed by atoms with Gasteiger partial charge in [0, 0.05) is 14.4 Å². The van der Waals surface area contributed by atoms with Gasteiger partial charge in [-0.3, -0.25) is 0 Å². The first-order valence-corrected chi connectivity index (χ1v) is 15.8. The lowest BCUT2D eigenvalue weighted by Crippen LogP contribution is -2.28. The third kappa shape index (κ3) is 7.78. The molecule has 1 saturated heterocycles. The Balaban J connectivity index is 1.29. The highest BCUT2D eigenvalue weighted by Gasteiger charge is 2.30. The van der Waals surface area contributed by atoms with E-state index in [1.54, 1.807) is 37.0 Å². The second kappa shape index (κ2) is 13.6. The fraction of sp³-hybridized carbons (Fsp3) is 0.714. The van der Waals surface area contributed by atoms with Crippen molar-refractivity contribution in [3.05, 3.63) is 41.5 Å². The largest absolute Gasteiger partial charge is 0.212 e. The highest BCUT2D eigenvalue weighted by atomic mass is 28.3. The van der Waals surface area contributed by atoms with Crippen LogP contribution in [0.25, 0.3) is 5.83 Å². The predicted octanol–water partition coefficient (Wildman–Crippen LogP) is 9.41. The Kier molecular flexibility index (Phi) is 10.9. The average Bonchev–Trinajstić information content (AvgIpc) is 2.82. The summed E-state index contributed by atoms with van der Waals surface area (Å²) in [7, 11) is -0.383. The Morgan fingerprint density at radius 1 is 0.969 bits per heavy atom. The molecule has 2 fully saturated rings. The molecule has 0 bridgehead atoms. The molecule has 1 aliphatic carbocycles. The summed E-state index contributed by atoms with van der Waals surface area (Å²) in [6, 6.07) is 9.26. The van der Waals surface area contributed by atoms with Crippen LogP contribution in [-0.2, 0) is 6.42 Å². The summed E-state index contributed by atoms with van der Waals surface area (Å²) >= 11 is 0. The fourth-order valence-electron chi connectivity index (χ4n) is 6.31. The van der Waals surface area contributed by atoms with E-state index in [9.17, 15) is 13.2 Å². The summed E-state index contributed by atoms with van der Waals surface area (Å²) in [6.07, 6.45) is 17.2. The summed E-state index contributed by atoms with van der Waals surface area (Å²) in [6.45, 7) is 2.31. The number of benzene rings is 1. The topological polar surface area (TPSA) is 0 Å². The molecule has 1 saturated carbocycles. The van der Waals surface area contributed by atoms with Crippen molar-refractivity contribution in [2.45, 2.75) is 109 Å². The van der Waals surface area contributed by atoms with Crippen LogP contribution in [0.1, 0.15) is 95.1 Å². The van der Waals surface area contributed by atoms with Crippen molar-refractivity contribution in [3.8, 4) is 0 Å². The molecule has 1 aromatic rings. The molecule has 1 aromatic carbocycles. The average molecular weight is 465 g/mol. The summed E-state index contributed by atoms with van der Waals surface area (Å²) in [5.74, 6) is 1.07. The van der Waals surface area contributed by atoms with E-state index in [4.69, 9.17) is 0 Å². The predicted molar refractivity (Wildman–Crippen MR) is 133 cm³/mol. The van der Waals surface area contributed by atoms with Crippen LogP contribution in [0.4, 0.5) is 13.2 Å². The summed E-state index contributed by atoms with van der Waals surface area (Å²) in [5, 5.41) is 0. The highest BCUT2D eigenvalue weighted by Crippen LogP contribution is 2.42. The van der Waals surface area contributed by atoms with Gasteiger partial charge in [0.25, 0.3) is 0 Å². The van der Waals surface area contributed by atoms with Crippen molar-refractivity contribution in [2.24, 2.45) is 17.8 Å². The minimum Gasteiger partial charge on any atom is -0.212 e. The van der Waals surface area contributed by atoms with Crippen molar-refractivity contribution in [1.82, 2.24) is 0 Å². The zero-order valence-electron chi connectivity index (χ0n) is 20.1. The van der Waals surface area contributed by atoms with Crippen LogP contribution in [0, 0.1) is 23.6 Å². The molecule has 0 amide bonds. The standard InChI is InChI=1S/C28H43F3Si/c1-2-3-6-17-32-18-15-25(16-19-32)24-12-9-22(10-13-24)7-4-5-8-23-11-14-26(27(30)20-23)28(31)21-29/h11,14,20-22,24-25,32H,2-10,12-13,15-19H2,1H3. The molecule has 0 N–H and O–H groups in total. The van der Waals surface area contributed by atoms with E-state index in [0.717, 1.165) is 36.2 Å². The Bertz CT molecular complexity index is 701. The molecule has 3 rings (SSSR count). The Labute approximate surface area is 195 Å². The highest BCUT2D eigenvalue weighted by molar-refractivity contribution is 6.58. The van der Waals surface area contributed by atoms with Gasteiger partial charge in [-0.2, -0.15) is 0 Å². The van der Waals surface area contributed by atoms with Gasteiger partial charge < -0.3 is 0 Å². The van der Waals surface area contributed by atoms with Gasteiger partial charge in [-0.05, 0) is 61.1 Å². The SMILES string of the molecule is CCCCC[SiH]1CCC(C2CCC(CCCCc3ccc(C(F)=CF)c(F)c3)CC2)CC1. The Hall–Kier alpha value is -1.03. The van der Waals surface area contributed by atoms with E-state index < -0.39 is 11.6 Å². The Morgan fingerprint density at radius 2 is 1.69 bits per heavy atom. The van der Waals surface area contributed by atoms with Crippen LogP contribution in [0.3, 0.4) is 0 Å². The van der Waals surface area contributed by atoms with E-state index in [0.29, 0.717) is 0 Å². The van der Waals surface area contributed by atoms with Gasteiger partial charge in [-0.1, -0.05) is 88.9 Å². The van der Waals surface area contributed by atoms with Crippen LogP contribution in [0.2, 0.25) is 18.1 Å². The van der Waals surface area contributed by atoms with E-state index in [2.05, 4.69) is 6.92 Å². The normalized spacial score (nSPS) is 26.9. The zero-order chi connectivity index (χ0) is 22.8. The fourth-order valence-corrected chi connectivity index (χ4v) is 9.84. The first-order chi connectivity index (χ1) is 15.6. The molecule has 180 valence electrons. The van der Waals surface area contributed by atoms with Crippen LogP contribution in [-0.4, -0.2) is 8.80 Å². The molecule has 1 aliphatic heterocycles. The first kappa shape index (κ1) is 25.6. The maximum absolute atomic E-state index is 13.9. The van der Waals surface area contributed by atoms with E-state index in [1.165, 1.54) is 69.9 Å². The van der Waals surface area contributed by atoms with Crippen molar-refractivity contribution < 1.29 is 13.2 Å². The van der Waals surface area contributed by atoms with Gasteiger partial charge in [-0.15, -0.1) is 0 Å². The number of unbranched alkanes of at least 4 members (excludes halogenated alkanes) is 3. The summed E-state index contributed by atoms with van der Waals surface area (Å²) < 4.78 is 39.4. The maximum atomic E-state index is 13.9. The molecule has 0 spiro atoms. The molecule has 0 nitrogen and oxygen atoms in total. The van der Waals surface area contributed by atoms with Crippen molar-refractivity contribution >= 4 is 14.6 Å². The number of aryl methyl sites for hydroxylation is 1. The minimum absolute atomic E-state index is 0.186. The van der Waals surface area contributed by atoms with Gasteiger partial charge >= 0.3 is 0 Å². The molecular formula is C28H43F3Si. The quantitative estimate of drug-likeness (QED) is 0.226. The van der Waals surface area contributed by atoms with Crippen molar-refractivity contribution in [1.29, 1.82) is 0 Å². The van der Waals surface area contributed by atoms with Crippen LogP contribution in [0.15, 0.2) is 24.5 Å². The molecule has 0 atom stereocenters. The second-order valence-corrected chi connectivity index (χ2v) is 14.0. The zero-order valence-corrected chi connectivity index (χ0v) is 21.2. The lowest BCUT2D eigenvalue weighted by atomic mass is 9.73. The molecular weight excluding hydrogens is 421 g/mol. The van der Waals surface area contributed by atoms with Gasteiger partial charge in [0.1, 0.15) is 12.1 Å². The van der Waals surface area contributed by atoms with Gasteiger partial charge in [0.2, 0.25) is 0 Å². The first-order valence-electron chi connectivity index (χ1n) is 13.3. The lowest BCUT2D eigenvalue weighted by molar-refractivity contribution is 0.184. The molecule has 2 aliphatic rings. The summed E-state index contributed by atoms with van der Waals surface area (Å²) in [4.78, 5) is 0. The van der Waals surface area contributed by atoms with Crippen LogP contribution in [0.5, 0.6) is 0 Å². The smallest absolute Gasteiger partial charge is 0.161 e. The molecule has 0 radical (unpaired) electrons. The maximum Gasteiger partial charge on any atom is 0.161 e. The van der Waals surface area contributed by atoms with Gasteiger partial charge in [0.05, 0.1) is 0 Å². The van der Waals surface area contributed by atoms with Crippen LogP contribution < -0.4 is 0 Å². The lowest BCUT2D eigenvalue weighted by Gasteiger charge is -2.37. The third-order valence-corrected chi connectivity index (χ3v) is 11.9. The third-order valence-electron chi connectivity index (χ3n) is 8.38. The second-order valence-electron chi connectivity index (χ2n) is 10.6. The van der Waals surface area contributed by atoms with E-state index in [1.807, 2.05) is 0 Å². The number of hydrogen-bond acceptors (Lipinski definition) is 0. The monoisotopic (exact) mass is 464 g/mol.